The van der Waals surface area contributed by atoms with E-state index in [1.54, 1.807) is 6.07 Å². The predicted molar refractivity (Wildman–Crippen MR) is 66.8 cm³/mol. The maximum absolute atomic E-state index is 12.8. The average molecular weight is 297 g/mol. The third-order valence-electron chi connectivity index (χ3n) is 2.69. The summed E-state index contributed by atoms with van der Waals surface area (Å²) in [7, 11) is 0. The molecule has 0 spiro atoms. The van der Waals surface area contributed by atoms with Gasteiger partial charge in [0.1, 0.15) is 0 Å². The molecule has 0 aliphatic carbocycles. The van der Waals surface area contributed by atoms with Gasteiger partial charge in [0.25, 0.3) is 0 Å². The largest absolute Gasteiger partial charge is 0.454 e. The number of ether oxygens (including phenoxy) is 1. The maximum atomic E-state index is 12.8. The van der Waals surface area contributed by atoms with Gasteiger partial charge in [-0.15, -0.1) is 0 Å². The van der Waals surface area contributed by atoms with Gasteiger partial charge in [-0.3, -0.25) is 4.79 Å². The number of carbonyl (C=O) groups is 2. The zero-order valence-electron chi connectivity index (χ0n) is 10.6. The molecule has 2 aromatic rings. The van der Waals surface area contributed by atoms with Crippen LogP contribution in [0, 0.1) is 0 Å². The molecule has 0 aliphatic rings. The summed E-state index contributed by atoms with van der Waals surface area (Å²) < 4.78 is 42.9. The second kappa shape index (κ2) is 5.82. The first kappa shape index (κ1) is 14.8. The van der Waals surface area contributed by atoms with Gasteiger partial charge in [-0.25, -0.2) is 4.79 Å². The molecule has 4 nitrogen and oxygen atoms in total. The fraction of sp³-hybridized carbons (Fsp3) is 0.143. The number of carbonyl (C=O) groups excluding carboxylic acids is 2. The molecule has 0 amide bonds. The Morgan fingerprint density at radius 3 is 2.43 bits per heavy atom. The van der Waals surface area contributed by atoms with Crippen LogP contribution in [0.4, 0.5) is 13.2 Å². The maximum Gasteiger partial charge on any atom is 0.417 e. The average Bonchev–Trinajstić information content (AvgIpc) is 2.97. The van der Waals surface area contributed by atoms with Crippen molar-refractivity contribution < 1.29 is 27.5 Å². The summed E-state index contributed by atoms with van der Waals surface area (Å²) in [6.07, 6.45) is -3.16. The van der Waals surface area contributed by atoms with E-state index in [2.05, 4.69) is 9.72 Å². The molecule has 0 bridgehead atoms. The monoisotopic (exact) mass is 297 g/mol. The van der Waals surface area contributed by atoms with Crippen LogP contribution in [0.3, 0.4) is 0 Å². The smallest absolute Gasteiger partial charge is 0.417 e. The standard InChI is InChI=1S/C14H10F3NO3/c15-14(16,17)10-5-2-1-4-9(10)13(20)21-8-12(19)11-6-3-7-18-11/h1-7,18H,8H2. The number of alkyl halides is 3. The number of halogens is 3. The number of benzene rings is 1. The van der Waals surface area contributed by atoms with Crippen LogP contribution in [0.15, 0.2) is 42.6 Å². The van der Waals surface area contributed by atoms with E-state index in [1.165, 1.54) is 24.4 Å². The van der Waals surface area contributed by atoms with Crippen molar-refractivity contribution in [2.24, 2.45) is 0 Å². The quantitative estimate of drug-likeness (QED) is 0.697. The summed E-state index contributed by atoms with van der Waals surface area (Å²) in [5.74, 6) is -1.72. The number of hydrogen-bond acceptors (Lipinski definition) is 3. The van der Waals surface area contributed by atoms with Crippen molar-refractivity contribution in [2.45, 2.75) is 6.18 Å². The number of esters is 1. The van der Waals surface area contributed by atoms with E-state index < -0.39 is 35.7 Å². The zero-order chi connectivity index (χ0) is 15.5. The molecule has 2 rings (SSSR count). The number of H-pyrrole nitrogens is 1. The highest BCUT2D eigenvalue weighted by Crippen LogP contribution is 2.32. The summed E-state index contributed by atoms with van der Waals surface area (Å²) in [5.41, 5.74) is -1.50. The Balaban J connectivity index is 2.09. The van der Waals surface area contributed by atoms with Gasteiger partial charge in [0, 0.05) is 6.20 Å². The predicted octanol–water partition coefficient (Wildman–Crippen LogP) is 3.07. The molecule has 0 unspecified atom stereocenters. The Morgan fingerprint density at radius 2 is 1.81 bits per heavy atom. The highest BCUT2D eigenvalue weighted by atomic mass is 19.4. The number of ketones is 1. The molecule has 0 fully saturated rings. The Morgan fingerprint density at radius 1 is 1.10 bits per heavy atom. The molecule has 7 heteroatoms. The Labute approximate surface area is 117 Å². The van der Waals surface area contributed by atoms with E-state index in [0.717, 1.165) is 12.1 Å². The van der Waals surface area contributed by atoms with E-state index in [4.69, 9.17) is 0 Å². The van der Waals surface area contributed by atoms with Gasteiger partial charge in [-0.1, -0.05) is 12.1 Å². The number of aromatic nitrogens is 1. The molecule has 1 aromatic heterocycles. The van der Waals surface area contributed by atoms with E-state index in [1.807, 2.05) is 0 Å². The molecule has 0 aliphatic heterocycles. The number of Topliss-reactive ketones (excluding diaryl/α,β-unsaturated/α-hetero) is 1. The SMILES string of the molecule is O=C(COC(=O)c1ccccc1C(F)(F)F)c1ccc[nH]1. The summed E-state index contributed by atoms with van der Waals surface area (Å²) >= 11 is 0. The van der Waals surface area contributed by atoms with Crippen molar-refractivity contribution >= 4 is 11.8 Å². The fourth-order valence-corrected chi connectivity index (χ4v) is 1.70. The van der Waals surface area contributed by atoms with E-state index in [9.17, 15) is 22.8 Å². The normalized spacial score (nSPS) is 11.2. The van der Waals surface area contributed by atoms with Crippen molar-refractivity contribution in [3.8, 4) is 0 Å². The zero-order valence-corrected chi connectivity index (χ0v) is 10.6. The molecule has 1 aromatic carbocycles. The first-order valence-electron chi connectivity index (χ1n) is 5.89. The Bertz CT molecular complexity index is 648. The lowest BCUT2D eigenvalue weighted by molar-refractivity contribution is -0.138. The minimum absolute atomic E-state index is 0.215. The molecule has 21 heavy (non-hydrogen) atoms. The second-order valence-electron chi connectivity index (χ2n) is 4.13. The molecule has 1 N–H and O–H groups in total. The summed E-state index contributed by atoms with van der Waals surface area (Å²) in [5, 5.41) is 0. The number of aromatic amines is 1. The lowest BCUT2D eigenvalue weighted by atomic mass is 10.1. The minimum atomic E-state index is -4.67. The lowest BCUT2D eigenvalue weighted by Gasteiger charge is -2.11. The number of rotatable bonds is 4. The van der Waals surface area contributed by atoms with Crippen LogP contribution in [0.5, 0.6) is 0 Å². The minimum Gasteiger partial charge on any atom is -0.454 e. The second-order valence-corrected chi connectivity index (χ2v) is 4.13. The van der Waals surface area contributed by atoms with Gasteiger partial charge >= 0.3 is 12.1 Å². The lowest BCUT2D eigenvalue weighted by Crippen LogP contribution is -2.18. The Kier molecular flexibility index (Phi) is 4.11. The Hall–Kier alpha value is -2.57. The van der Waals surface area contributed by atoms with Gasteiger partial charge in [0.05, 0.1) is 16.8 Å². The topological polar surface area (TPSA) is 59.2 Å². The highest BCUT2D eigenvalue weighted by Gasteiger charge is 2.35. The van der Waals surface area contributed by atoms with E-state index in [-0.39, 0.29) is 5.69 Å². The molecule has 0 radical (unpaired) electrons. The van der Waals surface area contributed by atoms with Crippen molar-refractivity contribution in [1.29, 1.82) is 0 Å². The molecular weight excluding hydrogens is 287 g/mol. The first-order chi connectivity index (χ1) is 9.89. The van der Waals surface area contributed by atoms with Crippen molar-refractivity contribution in [3.05, 3.63) is 59.4 Å². The molecule has 0 atom stereocenters. The highest BCUT2D eigenvalue weighted by molar-refractivity contribution is 5.98. The number of hydrogen-bond donors (Lipinski definition) is 1. The van der Waals surface area contributed by atoms with Gasteiger partial charge in [-0.05, 0) is 24.3 Å². The van der Waals surface area contributed by atoms with Crippen LogP contribution in [0.2, 0.25) is 0 Å². The number of nitrogens with one attached hydrogen (secondary N) is 1. The third kappa shape index (κ3) is 3.50. The van der Waals surface area contributed by atoms with Crippen molar-refractivity contribution in [1.82, 2.24) is 4.98 Å². The summed E-state index contributed by atoms with van der Waals surface area (Å²) in [6, 6.07) is 7.30. The molecule has 0 saturated heterocycles. The van der Waals surface area contributed by atoms with Crippen LogP contribution in [0.25, 0.3) is 0 Å². The van der Waals surface area contributed by atoms with Gasteiger partial charge in [0.15, 0.2) is 6.61 Å². The van der Waals surface area contributed by atoms with Crippen LogP contribution in [-0.2, 0) is 10.9 Å². The molecule has 110 valence electrons. The van der Waals surface area contributed by atoms with Crippen LogP contribution in [0.1, 0.15) is 26.4 Å². The van der Waals surface area contributed by atoms with Gasteiger partial charge < -0.3 is 9.72 Å². The van der Waals surface area contributed by atoms with E-state index >= 15 is 0 Å². The van der Waals surface area contributed by atoms with E-state index in [0.29, 0.717) is 0 Å². The molecular formula is C14H10F3NO3. The van der Waals surface area contributed by atoms with Gasteiger partial charge in [0.2, 0.25) is 5.78 Å². The summed E-state index contributed by atoms with van der Waals surface area (Å²) in [4.78, 5) is 25.9. The van der Waals surface area contributed by atoms with Crippen LogP contribution >= 0.6 is 0 Å². The van der Waals surface area contributed by atoms with Crippen molar-refractivity contribution in [2.75, 3.05) is 6.61 Å². The fourth-order valence-electron chi connectivity index (χ4n) is 1.70. The molecule has 0 saturated carbocycles. The van der Waals surface area contributed by atoms with Crippen molar-refractivity contribution in [3.63, 3.8) is 0 Å². The first-order valence-corrected chi connectivity index (χ1v) is 5.89. The third-order valence-corrected chi connectivity index (χ3v) is 2.69. The van der Waals surface area contributed by atoms with Gasteiger partial charge in [-0.2, -0.15) is 13.2 Å². The molecule has 1 heterocycles. The van der Waals surface area contributed by atoms with Crippen LogP contribution < -0.4 is 0 Å². The van der Waals surface area contributed by atoms with Crippen LogP contribution in [-0.4, -0.2) is 23.3 Å². The summed E-state index contributed by atoms with van der Waals surface area (Å²) in [6.45, 7) is -0.633.